The van der Waals surface area contributed by atoms with E-state index in [2.05, 4.69) is 5.32 Å². The normalized spacial score (nSPS) is 15.4. The van der Waals surface area contributed by atoms with E-state index >= 15 is 0 Å². The molecule has 1 saturated heterocycles. The number of anilines is 1. The van der Waals surface area contributed by atoms with E-state index in [0.717, 1.165) is 11.3 Å². The Hall–Kier alpha value is -1.75. The minimum Gasteiger partial charge on any atom is -0.379 e. The van der Waals surface area contributed by atoms with Crippen LogP contribution in [0.4, 0.5) is 10.1 Å². The number of benzene rings is 2. The van der Waals surface area contributed by atoms with Gasteiger partial charge < -0.3 is 10.1 Å². The predicted octanol–water partition coefficient (Wildman–Crippen LogP) is 4.62. The minimum absolute atomic E-state index is 0.0508. The number of thiophene rings is 1. The summed E-state index contributed by atoms with van der Waals surface area (Å²) in [6, 6.07) is 8.30. The lowest BCUT2D eigenvalue weighted by Crippen LogP contribution is -2.40. The molecule has 0 unspecified atom stereocenters. The van der Waals surface area contributed by atoms with Crippen molar-refractivity contribution in [1.29, 1.82) is 0 Å². The van der Waals surface area contributed by atoms with Crippen LogP contribution >= 0.6 is 34.5 Å². The maximum atomic E-state index is 13.5. The third-order valence-electron chi connectivity index (χ3n) is 4.57. The Morgan fingerprint density at radius 2 is 1.87 bits per heavy atom. The average molecular weight is 489 g/mol. The first kappa shape index (κ1) is 21.5. The van der Waals surface area contributed by atoms with Crippen molar-refractivity contribution in [3.63, 3.8) is 0 Å². The lowest BCUT2D eigenvalue weighted by Gasteiger charge is -2.26. The van der Waals surface area contributed by atoms with Gasteiger partial charge in [0.1, 0.15) is 15.6 Å². The van der Waals surface area contributed by atoms with Crippen LogP contribution in [0.3, 0.4) is 0 Å². The van der Waals surface area contributed by atoms with Crippen LogP contribution in [0, 0.1) is 5.82 Å². The smallest absolute Gasteiger partial charge is 0.267 e. The summed E-state index contributed by atoms with van der Waals surface area (Å²) in [5.74, 6) is -0.957. The lowest BCUT2D eigenvalue weighted by molar-refractivity contribution is 0.0730. The largest absolute Gasteiger partial charge is 0.379 e. The summed E-state index contributed by atoms with van der Waals surface area (Å²) in [5.41, 5.74) is 0.246. The van der Waals surface area contributed by atoms with Crippen molar-refractivity contribution in [2.24, 2.45) is 0 Å². The molecule has 2 aromatic carbocycles. The Morgan fingerprint density at radius 1 is 1.13 bits per heavy atom. The number of fused-ring (bicyclic) bond motifs is 1. The predicted molar refractivity (Wildman–Crippen MR) is 116 cm³/mol. The second-order valence-corrected chi connectivity index (χ2v) is 10.2. The summed E-state index contributed by atoms with van der Waals surface area (Å²) >= 11 is 13.5. The molecule has 4 rings (SSSR count). The third-order valence-corrected chi connectivity index (χ3v) is 8.61. The van der Waals surface area contributed by atoms with Crippen LogP contribution < -0.4 is 5.32 Å². The molecule has 11 heteroatoms. The van der Waals surface area contributed by atoms with Crippen LogP contribution in [0.5, 0.6) is 0 Å². The Bertz CT molecular complexity index is 1240. The Morgan fingerprint density at radius 3 is 2.60 bits per heavy atom. The van der Waals surface area contributed by atoms with Crippen LogP contribution in [0.2, 0.25) is 10.0 Å². The first-order valence-corrected chi connectivity index (χ1v) is 11.8. The van der Waals surface area contributed by atoms with Gasteiger partial charge in [0.2, 0.25) is 10.0 Å². The zero-order valence-electron chi connectivity index (χ0n) is 15.3. The lowest BCUT2D eigenvalue weighted by atomic mass is 10.2. The molecule has 1 aliphatic rings. The summed E-state index contributed by atoms with van der Waals surface area (Å²) in [6.07, 6.45) is 0. The van der Waals surface area contributed by atoms with E-state index in [1.165, 1.54) is 40.7 Å². The molecule has 1 aliphatic heterocycles. The van der Waals surface area contributed by atoms with Gasteiger partial charge >= 0.3 is 0 Å². The molecule has 1 aromatic heterocycles. The highest BCUT2D eigenvalue weighted by molar-refractivity contribution is 7.89. The summed E-state index contributed by atoms with van der Waals surface area (Å²) in [6.45, 7) is 1.06. The maximum absolute atomic E-state index is 13.5. The molecule has 0 saturated carbocycles. The van der Waals surface area contributed by atoms with Gasteiger partial charge in [-0.15, -0.1) is 11.3 Å². The summed E-state index contributed by atoms with van der Waals surface area (Å²) in [7, 11) is -3.84. The molecule has 0 radical (unpaired) electrons. The molecule has 158 valence electrons. The van der Waals surface area contributed by atoms with E-state index in [9.17, 15) is 17.6 Å². The number of hydrogen-bond acceptors (Lipinski definition) is 5. The van der Waals surface area contributed by atoms with E-state index in [0.29, 0.717) is 23.3 Å². The zero-order chi connectivity index (χ0) is 21.5. The second kappa shape index (κ2) is 8.41. The Kier molecular flexibility index (Phi) is 6.02. The molecule has 30 heavy (non-hydrogen) atoms. The summed E-state index contributed by atoms with van der Waals surface area (Å²) in [4.78, 5) is 12.8. The van der Waals surface area contributed by atoms with E-state index in [1.807, 2.05) is 0 Å². The Labute approximate surface area is 186 Å². The molecule has 1 amide bonds. The van der Waals surface area contributed by atoms with Gasteiger partial charge in [-0.2, -0.15) is 4.31 Å². The van der Waals surface area contributed by atoms with Crippen LogP contribution in [-0.2, 0) is 14.8 Å². The molecule has 3 aromatic rings. The monoisotopic (exact) mass is 488 g/mol. The highest BCUT2D eigenvalue weighted by Crippen LogP contribution is 2.36. The number of amides is 1. The average Bonchev–Trinajstić information content (AvgIpc) is 3.05. The van der Waals surface area contributed by atoms with Crippen molar-refractivity contribution in [2.75, 3.05) is 31.6 Å². The van der Waals surface area contributed by atoms with Crippen molar-refractivity contribution in [2.45, 2.75) is 4.90 Å². The fourth-order valence-corrected chi connectivity index (χ4v) is 6.42. The number of nitrogens with one attached hydrogen (secondary N) is 1. The van der Waals surface area contributed by atoms with Crippen LogP contribution in [0.1, 0.15) is 9.67 Å². The van der Waals surface area contributed by atoms with Crippen molar-refractivity contribution in [1.82, 2.24) is 4.31 Å². The minimum atomic E-state index is -3.84. The first-order chi connectivity index (χ1) is 14.3. The molecule has 1 fully saturated rings. The number of halogens is 3. The van der Waals surface area contributed by atoms with Crippen LogP contribution in [-0.4, -0.2) is 44.9 Å². The van der Waals surface area contributed by atoms with Gasteiger partial charge in [0.25, 0.3) is 5.91 Å². The summed E-state index contributed by atoms with van der Waals surface area (Å²) in [5, 5.41) is 3.48. The molecule has 0 spiro atoms. The van der Waals surface area contributed by atoms with Gasteiger partial charge in [0.15, 0.2) is 0 Å². The van der Waals surface area contributed by atoms with Crippen molar-refractivity contribution in [3.05, 3.63) is 57.1 Å². The number of ether oxygens (including phenoxy) is 1. The molecule has 0 aliphatic carbocycles. The number of sulfonamides is 1. The van der Waals surface area contributed by atoms with Crippen molar-refractivity contribution >= 4 is 66.2 Å². The highest BCUT2D eigenvalue weighted by Gasteiger charge is 2.29. The van der Waals surface area contributed by atoms with Crippen LogP contribution in [0.25, 0.3) is 10.1 Å². The molecule has 0 atom stereocenters. The second-order valence-electron chi connectivity index (χ2n) is 6.50. The molecule has 2 heterocycles. The van der Waals surface area contributed by atoms with Gasteiger partial charge in [-0.3, -0.25) is 4.79 Å². The van der Waals surface area contributed by atoms with E-state index in [4.69, 9.17) is 27.9 Å². The zero-order valence-corrected chi connectivity index (χ0v) is 18.5. The fraction of sp³-hybridized carbons (Fsp3) is 0.211. The van der Waals surface area contributed by atoms with Crippen molar-refractivity contribution < 1.29 is 22.3 Å². The van der Waals surface area contributed by atoms with Gasteiger partial charge in [-0.05, 0) is 36.4 Å². The topological polar surface area (TPSA) is 75.7 Å². The molecule has 1 N–H and O–H groups in total. The standard InChI is InChI=1S/C19H15Cl2FN2O4S2/c20-14-4-2-12(10-16(14)30(26,27)24-5-7-28-8-6-24)23-19(25)18-17(21)13-3-1-11(22)9-15(13)29-18/h1-4,9-10H,5-8H2,(H,23,25). The molecule has 0 bridgehead atoms. The van der Waals surface area contributed by atoms with E-state index < -0.39 is 21.7 Å². The highest BCUT2D eigenvalue weighted by atomic mass is 35.5. The molecule has 6 nitrogen and oxygen atoms in total. The number of rotatable bonds is 4. The van der Waals surface area contributed by atoms with Gasteiger partial charge in [-0.25, -0.2) is 12.8 Å². The van der Waals surface area contributed by atoms with Gasteiger partial charge in [0, 0.05) is 28.9 Å². The van der Waals surface area contributed by atoms with Crippen LogP contribution in [0.15, 0.2) is 41.3 Å². The van der Waals surface area contributed by atoms with E-state index in [1.54, 1.807) is 0 Å². The number of hydrogen-bond donors (Lipinski definition) is 1. The molecular weight excluding hydrogens is 474 g/mol. The van der Waals surface area contributed by atoms with E-state index in [-0.39, 0.29) is 38.6 Å². The fourth-order valence-electron chi connectivity index (χ4n) is 3.08. The van der Waals surface area contributed by atoms with Crippen molar-refractivity contribution in [3.8, 4) is 0 Å². The summed E-state index contributed by atoms with van der Waals surface area (Å²) < 4.78 is 46.4. The maximum Gasteiger partial charge on any atom is 0.267 e. The number of morpholine rings is 1. The quantitative estimate of drug-likeness (QED) is 0.581. The van der Waals surface area contributed by atoms with Gasteiger partial charge in [0.05, 0.1) is 23.3 Å². The SMILES string of the molecule is O=C(Nc1ccc(Cl)c(S(=O)(=O)N2CCOCC2)c1)c1sc2cc(F)ccc2c1Cl. The van der Waals surface area contributed by atoms with Gasteiger partial charge in [-0.1, -0.05) is 23.2 Å². The number of carbonyl (C=O) groups is 1. The third kappa shape index (κ3) is 4.05. The molecular formula is C19H15Cl2FN2O4S2. The Balaban J connectivity index is 1.63. The number of carbonyl (C=O) groups excluding carboxylic acids is 1. The first-order valence-electron chi connectivity index (χ1n) is 8.84. The number of nitrogens with zero attached hydrogens (tertiary/aromatic N) is 1.